The van der Waals surface area contributed by atoms with Gasteiger partial charge in [0.2, 0.25) is 11.8 Å². The molecule has 2 fully saturated rings. The third-order valence-electron chi connectivity index (χ3n) is 4.32. The van der Waals surface area contributed by atoms with Crippen molar-refractivity contribution in [2.75, 3.05) is 6.54 Å². The second kappa shape index (κ2) is 4.56. The first-order chi connectivity index (χ1) is 9.53. The molecule has 0 saturated carbocycles. The van der Waals surface area contributed by atoms with E-state index in [0.717, 1.165) is 5.56 Å². The molecule has 3 rings (SSSR count). The summed E-state index contributed by atoms with van der Waals surface area (Å²) in [6, 6.07) is 5.63. The van der Waals surface area contributed by atoms with Crippen molar-refractivity contribution >= 4 is 11.8 Å². The zero-order valence-electron chi connectivity index (χ0n) is 10.9. The number of halogens is 1. The van der Waals surface area contributed by atoms with Crippen LogP contribution in [0.4, 0.5) is 4.39 Å². The van der Waals surface area contributed by atoms with Gasteiger partial charge in [-0.15, -0.1) is 0 Å². The van der Waals surface area contributed by atoms with E-state index in [2.05, 4.69) is 5.32 Å². The van der Waals surface area contributed by atoms with Gasteiger partial charge in [-0.25, -0.2) is 4.39 Å². The lowest BCUT2D eigenvalue weighted by atomic mass is 9.88. The molecular weight excluding hydrogens is 261 g/mol. The number of likely N-dealkylation sites (tertiary alicyclic amines) is 1. The highest BCUT2D eigenvalue weighted by Crippen LogP contribution is 2.38. The van der Waals surface area contributed by atoms with E-state index in [-0.39, 0.29) is 11.7 Å². The van der Waals surface area contributed by atoms with Gasteiger partial charge in [-0.05, 0) is 30.5 Å². The smallest absolute Gasteiger partial charge is 0.242 e. The van der Waals surface area contributed by atoms with Gasteiger partial charge in [0, 0.05) is 13.1 Å². The molecule has 0 aliphatic carbocycles. The lowest BCUT2D eigenvalue weighted by Crippen LogP contribution is -2.71. The summed E-state index contributed by atoms with van der Waals surface area (Å²) in [5.74, 6) is -0.773. The molecule has 1 spiro atoms. The van der Waals surface area contributed by atoms with Crippen molar-refractivity contribution in [3.05, 3.63) is 35.6 Å². The first-order valence-electron chi connectivity index (χ1n) is 6.62. The Morgan fingerprint density at radius 2 is 2.15 bits per heavy atom. The highest BCUT2D eigenvalue weighted by atomic mass is 19.1. The minimum Gasteiger partial charge on any atom is -0.368 e. The van der Waals surface area contributed by atoms with Crippen LogP contribution in [0.5, 0.6) is 0 Å². The summed E-state index contributed by atoms with van der Waals surface area (Å²) >= 11 is 0. The van der Waals surface area contributed by atoms with Crippen LogP contribution >= 0.6 is 0 Å². The number of primary amides is 1. The van der Waals surface area contributed by atoms with Gasteiger partial charge in [-0.1, -0.05) is 12.1 Å². The minimum atomic E-state index is -0.617. The molecule has 0 aromatic heterocycles. The molecule has 1 aromatic carbocycles. The molecule has 0 bridgehead atoms. The summed E-state index contributed by atoms with van der Waals surface area (Å²) in [5, 5.41) is 2.73. The van der Waals surface area contributed by atoms with Gasteiger partial charge < -0.3 is 11.1 Å². The van der Waals surface area contributed by atoms with E-state index in [9.17, 15) is 14.0 Å². The van der Waals surface area contributed by atoms with Crippen molar-refractivity contribution in [1.29, 1.82) is 0 Å². The lowest BCUT2D eigenvalue weighted by Gasteiger charge is -2.45. The van der Waals surface area contributed by atoms with Crippen molar-refractivity contribution in [2.45, 2.75) is 31.0 Å². The number of hydrogen-bond acceptors (Lipinski definition) is 3. The van der Waals surface area contributed by atoms with Gasteiger partial charge >= 0.3 is 0 Å². The Bertz CT molecular complexity index is 560. The zero-order chi connectivity index (χ0) is 14.3. The summed E-state index contributed by atoms with van der Waals surface area (Å²) in [5.41, 5.74) is 5.68. The van der Waals surface area contributed by atoms with Crippen LogP contribution in [0.3, 0.4) is 0 Å². The Labute approximate surface area is 115 Å². The van der Waals surface area contributed by atoms with Crippen molar-refractivity contribution in [1.82, 2.24) is 10.2 Å². The SMILES string of the molecule is NC(=O)C1CCC2(CNC2=O)N1Cc1ccc(F)cc1. The predicted octanol–water partition coefficient (Wildman–Crippen LogP) is 0.144. The van der Waals surface area contributed by atoms with Crippen LogP contribution in [-0.4, -0.2) is 34.8 Å². The van der Waals surface area contributed by atoms with Gasteiger partial charge in [-0.3, -0.25) is 14.5 Å². The first kappa shape index (κ1) is 13.1. The Kier molecular flexibility index (Phi) is 2.97. The maximum atomic E-state index is 12.9. The Morgan fingerprint density at radius 1 is 1.45 bits per heavy atom. The van der Waals surface area contributed by atoms with E-state index in [1.807, 2.05) is 4.90 Å². The fourth-order valence-electron chi connectivity index (χ4n) is 3.12. The largest absolute Gasteiger partial charge is 0.368 e. The molecule has 2 unspecified atom stereocenters. The summed E-state index contributed by atoms with van der Waals surface area (Å²) in [6.45, 7) is 0.956. The van der Waals surface area contributed by atoms with Crippen LogP contribution in [0.15, 0.2) is 24.3 Å². The number of amides is 2. The number of carbonyl (C=O) groups is 2. The van der Waals surface area contributed by atoms with Crippen molar-refractivity contribution in [3.63, 3.8) is 0 Å². The van der Waals surface area contributed by atoms with Crippen molar-refractivity contribution in [2.24, 2.45) is 5.73 Å². The van der Waals surface area contributed by atoms with Gasteiger partial charge in [0.25, 0.3) is 0 Å². The van der Waals surface area contributed by atoms with Crippen LogP contribution in [-0.2, 0) is 16.1 Å². The van der Waals surface area contributed by atoms with Crippen LogP contribution in [0.2, 0.25) is 0 Å². The van der Waals surface area contributed by atoms with Crippen LogP contribution in [0.1, 0.15) is 18.4 Å². The van der Waals surface area contributed by atoms with E-state index in [1.54, 1.807) is 12.1 Å². The standard InChI is InChI=1S/C14H16FN3O2/c15-10-3-1-9(2-4-10)7-18-11(12(16)19)5-6-14(18)8-17-13(14)20/h1-4,11H,5-8H2,(H2,16,19)(H,17,20). The average Bonchev–Trinajstić information content (AvgIpc) is 2.81. The van der Waals surface area contributed by atoms with E-state index in [1.165, 1.54) is 12.1 Å². The normalized spacial score (nSPS) is 29.2. The van der Waals surface area contributed by atoms with E-state index in [0.29, 0.717) is 25.9 Å². The highest BCUT2D eigenvalue weighted by molar-refractivity contribution is 5.94. The topological polar surface area (TPSA) is 75.4 Å². The van der Waals surface area contributed by atoms with E-state index in [4.69, 9.17) is 5.73 Å². The molecular formula is C14H16FN3O2. The number of rotatable bonds is 3. The number of nitrogens with one attached hydrogen (secondary N) is 1. The monoisotopic (exact) mass is 277 g/mol. The molecule has 106 valence electrons. The Morgan fingerprint density at radius 3 is 2.65 bits per heavy atom. The second-order valence-electron chi connectivity index (χ2n) is 5.43. The number of benzene rings is 1. The van der Waals surface area contributed by atoms with Crippen LogP contribution in [0.25, 0.3) is 0 Å². The second-order valence-corrected chi connectivity index (χ2v) is 5.43. The van der Waals surface area contributed by atoms with Crippen LogP contribution in [0, 0.1) is 5.82 Å². The molecule has 2 atom stereocenters. The van der Waals surface area contributed by atoms with Crippen molar-refractivity contribution < 1.29 is 14.0 Å². The van der Waals surface area contributed by atoms with E-state index >= 15 is 0 Å². The molecule has 3 N–H and O–H groups in total. The summed E-state index contributed by atoms with van der Waals surface area (Å²) in [4.78, 5) is 25.4. The van der Waals surface area contributed by atoms with Gasteiger partial charge in [0.1, 0.15) is 11.4 Å². The third-order valence-corrected chi connectivity index (χ3v) is 4.32. The third kappa shape index (κ3) is 1.87. The highest BCUT2D eigenvalue weighted by Gasteiger charge is 2.57. The summed E-state index contributed by atoms with van der Waals surface area (Å²) < 4.78 is 12.9. The lowest BCUT2D eigenvalue weighted by molar-refractivity contribution is -0.144. The predicted molar refractivity (Wildman–Crippen MR) is 69.9 cm³/mol. The minimum absolute atomic E-state index is 0.0524. The molecule has 5 nitrogen and oxygen atoms in total. The zero-order valence-corrected chi connectivity index (χ0v) is 10.9. The quantitative estimate of drug-likeness (QED) is 0.772. The number of nitrogens with zero attached hydrogens (tertiary/aromatic N) is 1. The van der Waals surface area contributed by atoms with Crippen LogP contribution < -0.4 is 11.1 Å². The molecule has 2 heterocycles. The average molecular weight is 277 g/mol. The summed E-state index contributed by atoms with van der Waals surface area (Å²) in [7, 11) is 0. The fraction of sp³-hybridized carbons (Fsp3) is 0.429. The van der Waals surface area contributed by atoms with Gasteiger partial charge in [-0.2, -0.15) is 0 Å². The first-order valence-corrected chi connectivity index (χ1v) is 6.62. The maximum absolute atomic E-state index is 12.9. The number of carbonyl (C=O) groups excluding carboxylic acids is 2. The molecule has 2 saturated heterocycles. The molecule has 6 heteroatoms. The molecule has 2 aliphatic heterocycles. The van der Waals surface area contributed by atoms with Gasteiger partial charge in [0.15, 0.2) is 0 Å². The number of β-lactam (4-membered cyclic amide) rings is 1. The number of hydrogen-bond donors (Lipinski definition) is 2. The summed E-state index contributed by atoms with van der Waals surface area (Å²) in [6.07, 6.45) is 1.22. The molecule has 2 aliphatic rings. The number of nitrogens with two attached hydrogens (primary N) is 1. The molecule has 2 amide bonds. The van der Waals surface area contributed by atoms with E-state index < -0.39 is 17.5 Å². The van der Waals surface area contributed by atoms with Gasteiger partial charge in [0.05, 0.1) is 6.04 Å². The fourth-order valence-corrected chi connectivity index (χ4v) is 3.12. The Hall–Kier alpha value is -1.95. The maximum Gasteiger partial charge on any atom is 0.242 e. The Balaban J connectivity index is 1.87. The molecule has 0 radical (unpaired) electrons. The molecule has 20 heavy (non-hydrogen) atoms. The van der Waals surface area contributed by atoms with Crippen molar-refractivity contribution in [3.8, 4) is 0 Å². The molecule has 1 aromatic rings.